The summed E-state index contributed by atoms with van der Waals surface area (Å²) < 4.78 is 26.1. The van der Waals surface area contributed by atoms with Gasteiger partial charge in [-0.2, -0.15) is 0 Å². The zero-order valence-electron chi connectivity index (χ0n) is 14.7. The van der Waals surface area contributed by atoms with Gasteiger partial charge < -0.3 is 10.6 Å². The van der Waals surface area contributed by atoms with E-state index in [0.717, 1.165) is 5.56 Å². The van der Waals surface area contributed by atoms with E-state index in [1.807, 2.05) is 12.3 Å². The molecular formula is C18H22N2O4S2. The van der Waals surface area contributed by atoms with Crippen LogP contribution in [-0.4, -0.2) is 33.3 Å². The summed E-state index contributed by atoms with van der Waals surface area (Å²) in [5, 5.41) is 6.17. The smallest absolute Gasteiger partial charge is 0.221 e. The highest BCUT2D eigenvalue weighted by Gasteiger charge is 2.30. The molecule has 1 atom stereocenters. The first-order chi connectivity index (χ1) is 12.3. The van der Waals surface area contributed by atoms with Crippen molar-refractivity contribution in [2.45, 2.75) is 30.4 Å². The second-order valence-corrected chi connectivity index (χ2v) is 9.01. The van der Waals surface area contributed by atoms with Gasteiger partial charge in [-0.25, -0.2) is 8.42 Å². The molecule has 0 aliphatic rings. The Bertz CT molecular complexity index is 844. The average molecular weight is 395 g/mol. The summed E-state index contributed by atoms with van der Waals surface area (Å²) in [5.74, 6) is -0.518. The van der Waals surface area contributed by atoms with Crippen molar-refractivity contribution in [3.05, 3.63) is 52.2 Å². The summed E-state index contributed by atoms with van der Waals surface area (Å²) in [6, 6.07) is 10.2. The summed E-state index contributed by atoms with van der Waals surface area (Å²) in [6.45, 7) is 3.46. The lowest BCUT2D eigenvalue weighted by atomic mass is 10.2. The Balaban J connectivity index is 2.13. The number of carbonyl (C=O) groups excluding carboxylic acids is 2. The van der Waals surface area contributed by atoms with Gasteiger partial charge in [0.1, 0.15) is 5.25 Å². The molecule has 0 spiro atoms. The molecular weight excluding hydrogens is 372 g/mol. The number of amides is 2. The molecule has 0 aliphatic heterocycles. The largest absolute Gasteiger partial charge is 0.356 e. The van der Waals surface area contributed by atoms with E-state index >= 15 is 0 Å². The molecule has 8 heteroatoms. The normalized spacial score (nSPS) is 12.4. The fraction of sp³-hybridized carbons (Fsp3) is 0.333. The molecule has 6 nitrogen and oxygen atoms in total. The highest BCUT2D eigenvalue weighted by Crippen LogP contribution is 2.31. The predicted octanol–water partition coefficient (Wildman–Crippen LogP) is 2.21. The molecule has 0 fully saturated rings. The molecule has 26 heavy (non-hydrogen) atoms. The number of carbonyl (C=O) groups is 2. The van der Waals surface area contributed by atoms with Gasteiger partial charge in [0.05, 0.1) is 4.90 Å². The maximum atomic E-state index is 13.1. The van der Waals surface area contributed by atoms with Crippen molar-refractivity contribution in [2.24, 2.45) is 0 Å². The van der Waals surface area contributed by atoms with Crippen molar-refractivity contribution < 1.29 is 18.0 Å². The maximum Gasteiger partial charge on any atom is 0.221 e. The molecule has 0 bridgehead atoms. The van der Waals surface area contributed by atoms with Crippen molar-refractivity contribution in [1.29, 1.82) is 0 Å². The summed E-state index contributed by atoms with van der Waals surface area (Å²) in [5.41, 5.74) is 0.975. The summed E-state index contributed by atoms with van der Waals surface area (Å²) in [7, 11) is -3.64. The van der Waals surface area contributed by atoms with Gasteiger partial charge in [0.15, 0.2) is 9.84 Å². The second-order valence-electron chi connectivity index (χ2n) is 5.90. The Labute approximate surface area is 157 Å². The topological polar surface area (TPSA) is 92.3 Å². The van der Waals surface area contributed by atoms with Gasteiger partial charge in [-0.05, 0) is 30.5 Å². The number of sulfone groups is 1. The molecule has 0 radical (unpaired) electrons. The number of benzene rings is 1. The Morgan fingerprint density at radius 3 is 2.38 bits per heavy atom. The van der Waals surface area contributed by atoms with Gasteiger partial charge in [0.25, 0.3) is 0 Å². The highest BCUT2D eigenvalue weighted by atomic mass is 32.2. The molecule has 0 saturated heterocycles. The minimum absolute atomic E-state index is 0.0182. The minimum atomic E-state index is -3.64. The van der Waals surface area contributed by atoms with Crippen molar-refractivity contribution in [3.8, 4) is 0 Å². The zero-order chi connectivity index (χ0) is 19.2. The number of hydrogen-bond donors (Lipinski definition) is 2. The van der Waals surface area contributed by atoms with Crippen LogP contribution in [0.1, 0.15) is 29.0 Å². The van der Waals surface area contributed by atoms with Crippen LogP contribution in [-0.2, 0) is 19.4 Å². The lowest BCUT2D eigenvalue weighted by molar-refractivity contribution is -0.121. The van der Waals surface area contributed by atoms with E-state index in [4.69, 9.17) is 0 Å². The van der Waals surface area contributed by atoms with Crippen LogP contribution in [0.2, 0.25) is 0 Å². The predicted molar refractivity (Wildman–Crippen MR) is 102 cm³/mol. The van der Waals surface area contributed by atoms with Gasteiger partial charge in [-0.3, -0.25) is 9.59 Å². The Morgan fingerprint density at radius 2 is 1.81 bits per heavy atom. The molecule has 1 heterocycles. The first kappa shape index (κ1) is 20.1. The minimum Gasteiger partial charge on any atom is -0.356 e. The Hall–Kier alpha value is -2.19. The molecule has 140 valence electrons. The number of thiophene rings is 1. The monoisotopic (exact) mass is 394 g/mol. The summed E-state index contributed by atoms with van der Waals surface area (Å²) in [4.78, 5) is 23.7. The van der Waals surface area contributed by atoms with Crippen LogP contribution in [0.4, 0.5) is 0 Å². The second kappa shape index (κ2) is 8.95. The molecule has 2 rings (SSSR count). The third kappa shape index (κ3) is 5.40. The fourth-order valence-electron chi connectivity index (χ4n) is 2.38. The summed E-state index contributed by atoms with van der Waals surface area (Å²) in [6.07, 6.45) is 0.0985. The van der Waals surface area contributed by atoms with Crippen LogP contribution < -0.4 is 10.6 Å². The number of rotatable bonds is 8. The molecule has 2 N–H and O–H groups in total. The van der Waals surface area contributed by atoms with E-state index in [-0.39, 0.29) is 36.2 Å². The number of hydrogen-bond acceptors (Lipinski definition) is 5. The summed E-state index contributed by atoms with van der Waals surface area (Å²) >= 11 is 1.34. The molecule has 0 saturated carbocycles. The molecule has 1 aromatic heterocycles. The van der Waals surface area contributed by atoms with Gasteiger partial charge in [0, 0.05) is 31.3 Å². The van der Waals surface area contributed by atoms with Crippen molar-refractivity contribution in [3.63, 3.8) is 0 Å². The van der Waals surface area contributed by atoms with Crippen LogP contribution in [0.15, 0.2) is 46.7 Å². The van der Waals surface area contributed by atoms with E-state index in [1.54, 1.807) is 36.4 Å². The molecule has 1 unspecified atom stereocenters. The Kier molecular flexibility index (Phi) is 6.93. The maximum absolute atomic E-state index is 13.1. The van der Waals surface area contributed by atoms with Crippen LogP contribution in [0.3, 0.4) is 0 Å². The lowest BCUT2D eigenvalue weighted by Crippen LogP contribution is -2.34. The van der Waals surface area contributed by atoms with Crippen LogP contribution in [0.25, 0.3) is 0 Å². The van der Waals surface area contributed by atoms with Gasteiger partial charge in [-0.15, -0.1) is 11.3 Å². The fourth-order valence-corrected chi connectivity index (χ4v) is 5.16. The van der Waals surface area contributed by atoms with Gasteiger partial charge in [-0.1, -0.05) is 23.8 Å². The number of nitrogens with one attached hydrogen (secondary N) is 2. The lowest BCUT2D eigenvalue weighted by Gasteiger charge is -2.17. The van der Waals surface area contributed by atoms with Crippen LogP contribution >= 0.6 is 11.3 Å². The van der Waals surface area contributed by atoms with E-state index in [2.05, 4.69) is 10.6 Å². The third-order valence-corrected chi connectivity index (χ3v) is 7.03. The van der Waals surface area contributed by atoms with Crippen molar-refractivity contribution >= 4 is 33.0 Å². The first-order valence-electron chi connectivity index (χ1n) is 8.16. The van der Waals surface area contributed by atoms with Crippen LogP contribution in [0.5, 0.6) is 0 Å². The number of aryl methyl sites for hydroxylation is 1. The average Bonchev–Trinajstić information content (AvgIpc) is 3.09. The Morgan fingerprint density at radius 1 is 1.12 bits per heavy atom. The van der Waals surface area contributed by atoms with Gasteiger partial charge >= 0.3 is 0 Å². The highest BCUT2D eigenvalue weighted by molar-refractivity contribution is 7.91. The van der Waals surface area contributed by atoms with E-state index in [9.17, 15) is 18.0 Å². The molecule has 2 amide bonds. The third-order valence-electron chi connectivity index (χ3n) is 3.80. The quantitative estimate of drug-likeness (QED) is 0.718. The molecule has 2 aromatic rings. The zero-order valence-corrected chi connectivity index (χ0v) is 16.3. The van der Waals surface area contributed by atoms with E-state index in [0.29, 0.717) is 4.88 Å². The SMILES string of the molecule is CC(=O)NCCC(=O)NCC(c1cccs1)S(=O)(=O)c1ccc(C)cc1. The van der Waals surface area contributed by atoms with E-state index in [1.165, 1.54) is 18.3 Å². The van der Waals surface area contributed by atoms with Crippen LogP contribution in [0, 0.1) is 6.92 Å². The van der Waals surface area contributed by atoms with E-state index < -0.39 is 15.1 Å². The van der Waals surface area contributed by atoms with Crippen molar-refractivity contribution in [1.82, 2.24) is 10.6 Å². The molecule has 1 aromatic carbocycles. The van der Waals surface area contributed by atoms with Gasteiger partial charge in [0.2, 0.25) is 11.8 Å². The molecule has 0 aliphatic carbocycles. The van der Waals surface area contributed by atoms with Crippen molar-refractivity contribution in [2.75, 3.05) is 13.1 Å². The standard InChI is InChI=1S/C18H22N2O4S2/c1-13-5-7-15(8-6-13)26(23,24)17(16-4-3-11-25-16)12-20-18(22)9-10-19-14(2)21/h3-8,11,17H,9-10,12H2,1-2H3,(H,19,21)(H,20,22). The first-order valence-corrected chi connectivity index (χ1v) is 10.6.